The number of hydrogen-bond donors (Lipinski definition) is 1. The zero-order chi connectivity index (χ0) is 16.6. The van der Waals surface area contributed by atoms with E-state index in [2.05, 4.69) is 15.4 Å². The minimum Gasteiger partial charge on any atom is -0.345 e. The van der Waals surface area contributed by atoms with Crippen LogP contribution in [-0.2, 0) is 9.59 Å². The Morgan fingerprint density at radius 3 is 2.65 bits per heavy atom. The maximum absolute atomic E-state index is 12.2. The Hall–Kier alpha value is -2.70. The summed E-state index contributed by atoms with van der Waals surface area (Å²) >= 11 is 0. The van der Waals surface area contributed by atoms with Crippen molar-refractivity contribution < 1.29 is 9.59 Å². The molecule has 2 aromatic rings. The molecule has 0 aliphatic carbocycles. The number of likely N-dealkylation sites (tertiary alicyclic amines) is 1. The normalized spacial score (nSPS) is 17.6. The van der Waals surface area contributed by atoms with Crippen LogP contribution in [-0.4, -0.2) is 45.1 Å². The van der Waals surface area contributed by atoms with E-state index in [1.54, 1.807) is 35.0 Å². The third-order valence-electron chi connectivity index (χ3n) is 3.95. The molecule has 120 valence electrons. The van der Waals surface area contributed by atoms with E-state index >= 15 is 0 Å². The van der Waals surface area contributed by atoms with Gasteiger partial charge in [-0.15, -0.1) is 0 Å². The van der Waals surface area contributed by atoms with Crippen molar-refractivity contribution in [2.75, 3.05) is 18.9 Å². The number of rotatable bonds is 3. The monoisotopic (exact) mass is 313 g/mol. The number of aromatic nitrogens is 3. The fraction of sp³-hybridized carbons (Fsp3) is 0.375. The van der Waals surface area contributed by atoms with Crippen molar-refractivity contribution >= 4 is 17.5 Å². The highest BCUT2D eigenvalue weighted by molar-refractivity contribution is 5.97. The Balaban J connectivity index is 1.69. The Bertz CT molecular complexity index is 750. The van der Waals surface area contributed by atoms with Crippen LogP contribution >= 0.6 is 0 Å². The lowest BCUT2D eigenvalue weighted by molar-refractivity contribution is -0.127. The number of nitrogens with zero attached hydrogens (tertiary/aromatic N) is 4. The number of aryl methyl sites for hydroxylation is 2. The molecule has 23 heavy (non-hydrogen) atoms. The maximum atomic E-state index is 12.2. The Kier molecular flexibility index (Phi) is 3.85. The molecule has 1 fully saturated rings. The van der Waals surface area contributed by atoms with E-state index in [-0.39, 0.29) is 24.2 Å². The van der Waals surface area contributed by atoms with Crippen molar-refractivity contribution in [1.82, 2.24) is 19.7 Å². The zero-order valence-corrected chi connectivity index (χ0v) is 13.4. The van der Waals surface area contributed by atoms with Gasteiger partial charge in [0.2, 0.25) is 11.8 Å². The summed E-state index contributed by atoms with van der Waals surface area (Å²) in [5.41, 5.74) is 2.54. The van der Waals surface area contributed by atoms with Gasteiger partial charge in [-0.05, 0) is 32.0 Å². The molecule has 2 aromatic heterocycles. The largest absolute Gasteiger partial charge is 0.345 e. The minimum atomic E-state index is -0.303. The van der Waals surface area contributed by atoms with E-state index in [0.717, 1.165) is 11.4 Å². The molecule has 1 atom stereocenters. The van der Waals surface area contributed by atoms with Crippen LogP contribution in [0.4, 0.5) is 5.69 Å². The van der Waals surface area contributed by atoms with Crippen molar-refractivity contribution in [2.45, 2.75) is 20.3 Å². The summed E-state index contributed by atoms with van der Waals surface area (Å²) in [6.45, 7) is 4.35. The molecule has 1 saturated heterocycles. The third kappa shape index (κ3) is 3.08. The average Bonchev–Trinajstić information content (AvgIpc) is 3.02. The lowest BCUT2D eigenvalue weighted by Gasteiger charge is -2.11. The molecular formula is C16H19N5O2. The lowest BCUT2D eigenvalue weighted by Crippen LogP contribution is -2.25. The van der Waals surface area contributed by atoms with E-state index < -0.39 is 0 Å². The Morgan fingerprint density at radius 2 is 2.13 bits per heavy atom. The summed E-state index contributed by atoms with van der Waals surface area (Å²) in [5.74, 6) is 0.249. The fourth-order valence-corrected chi connectivity index (χ4v) is 2.73. The second-order valence-electron chi connectivity index (χ2n) is 5.91. The summed E-state index contributed by atoms with van der Waals surface area (Å²) in [7, 11) is 1.71. The lowest BCUT2D eigenvalue weighted by atomic mass is 10.1. The van der Waals surface area contributed by atoms with Crippen LogP contribution in [0.25, 0.3) is 5.82 Å². The first-order valence-corrected chi connectivity index (χ1v) is 7.48. The molecule has 1 aliphatic heterocycles. The molecule has 2 amide bonds. The zero-order valence-electron chi connectivity index (χ0n) is 13.4. The standard InChI is InChI=1S/C16H19N5O2/c1-10-6-11(2)21(19-10)14-5-4-13(8-17-14)18-16(23)12-7-15(22)20(3)9-12/h4-6,8,12H,7,9H2,1-3H3,(H,18,23). The van der Waals surface area contributed by atoms with Gasteiger partial charge < -0.3 is 10.2 Å². The number of hydrogen-bond acceptors (Lipinski definition) is 4. The fourth-order valence-electron chi connectivity index (χ4n) is 2.73. The van der Waals surface area contributed by atoms with Crippen LogP contribution in [0.5, 0.6) is 0 Å². The van der Waals surface area contributed by atoms with Crippen molar-refractivity contribution in [3.63, 3.8) is 0 Å². The molecule has 1 unspecified atom stereocenters. The molecule has 0 spiro atoms. The molecule has 0 aromatic carbocycles. The average molecular weight is 313 g/mol. The van der Waals surface area contributed by atoms with Crippen LogP contribution in [0.3, 0.4) is 0 Å². The van der Waals surface area contributed by atoms with Crippen LogP contribution in [0.2, 0.25) is 0 Å². The summed E-state index contributed by atoms with van der Waals surface area (Å²) < 4.78 is 1.76. The molecular weight excluding hydrogens is 294 g/mol. The van der Waals surface area contributed by atoms with Gasteiger partial charge in [0.25, 0.3) is 0 Å². The molecule has 7 heteroatoms. The van der Waals surface area contributed by atoms with Gasteiger partial charge in [0.15, 0.2) is 5.82 Å². The van der Waals surface area contributed by atoms with Crippen LogP contribution in [0.1, 0.15) is 17.8 Å². The predicted molar refractivity (Wildman–Crippen MR) is 85.2 cm³/mol. The first-order valence-electron chi connectivity index (χ1n) is 7.48. The smallest absolute Gasteiger partial charge is 0.229 e. The van der Waals surface area contributed by atoms with Gasteiger partial charge in [0.05, 0.1) is 23.5 Å². The van der Waals surface area contributed by atoms with Crippen LogP contribution < -0.4 is 5.32 Å². The quantitative estimate of drug-likeness (QED) is 0.926. The molecule has 0 radical (unpaired) electrons. The van der Waals surface area contributed by atoms with Gasteiger partial charge in [-0.2, -0.15) is 5.10 Å². The number of pyridine rings is 1. The minimum absolute atomic E-state index is 0.00292. The van der Waals surface area contributed by atoms with Gasteiger partial charge in [-0.25, -0.2) is 9.67 Å². The molecule has 3 rings (SSSR count). The van der Waals surface area contributed by atoms with Crippen molar-refractivity contribution in [3.8, 4) is 5.82 Å². The van der Waals surface area contributed by atoms with Crippen LogP contribution in [0, 0.1) is 19.8 Å². The number of carbonyl (C=O) groups excluding carboxylic acids is 2. The van der Waals surface area contributed by atoms with Crippen molar-refractivity contribution in [3.05, 3.63) is 35.8 Å². The summed E-state index contributed by atoms with van der Waals surface area (Å²) in [4.78, 5) is 29.6. The van der Waals surface area contributed by atoms with Gasteiger partial charge in [0.1, 0.15) is 0 Å². The topological polar surface area (TPSA) is 80.1 Å². The van der Waals surface area contributed by atoms with E-state index in [0.29, 0.717) is 18.1 Å². The molecule has 0 bridgehead atoms. The molecule has 3 heterocycles. The summed E-state index contributed by atoms with van der Waals surface area (Å²) in [6, 6.07) is 5.57. The molecule has 7 nitrogen and oxygen atoms in total. The summed E-state index contributed by atoms with van der Waals surface area (Å²) in [6.07, 6.45) is 1.86. The predicted octanol–water partition coefficient (Wildman–Crippen LogP) is 1.30. The van der Waals surface area contributed by atoms with Gasteiger partial charge >= 0.3 is 0 Å². The van der Waals surface area contributed by atoms with E-state index in [1.165, 1.54) is 0 Å². The second-order valence-corrected chi connectivity index (χ2v) is 5.91. The number of nitrogens with one attached hydrogen (secondary N) is 1. The number of amides is 2. The highest BCUT2D eigenvalue weighted by Gasteiger charge is 2.32. The third-order valence-corrected chi connectivity index (χ3v) is 3.95. The van der Waals surface area contributed by atoms with E-state index in [1.807, 2.05) is 19.9 Å². The number of anilines is 1. The van der Waals surface area contributed by atoms with Gasteiger partial charge in [-0.1, -0.05) is 0 Å². The van der Waals surface area contributed by atoms with Crippen molar-refractivity contribution in [1.29, 1.82) is 0 Å². The first-order chi connectivity index (χ1) is 10.9. The number of carbonyl (C=O) groups is 2. The van der Waals surface area contributed by atoms with Gasteiger partial charge in [0, 0.05) is 25.7 Å². The highest BCUT2D eigenvalue weighted by atomic mass is 16.2. The van der Waals surface area contributed by atoms with Crippen molar-refractivity contribution in [2.24, 2.45) is 5.92 Å². The highest BCUT2D eigenvalue weighted by Crippen LogP contribution is 2.19. The first kappa shape index (κ1) is 15.2. The van der Waals surface area contributed by atoms with Crippen LogP contribution in [0.15, 0.2) is 24.4 Å². The SMILES string of the molecule is Cc1cc(C)n(-c2ccc(NC(=O)C3CC(=O)N(C)C3)cn2)n1. The molecule has 1 N–H and O–H groups in total. The maximum Gasteiger partial charge on any atom is 0.229 e. The second kappa shape index (κ2) is 5.83. The van der Waals surface area contributed by atoms with Gasteiger partial charge in [-0.3, -0.25) is 9.59 Å². The van der Waals surface area contributed by atoms with E-state index in [4.69, 9.17) is 0 Å². The van der Waals surface area contributed by atoms with E-state index in [9.17, 15) is 9.59 Å². The Morgan fingerprint density at radius 1 is 1.35 bits per heavy atom. The summed E-state index contributed by atoms with van der Waals surface area (Å²) in [5, 5.41) is 7.19. The Labute approximate surface area is 134 Å². The molecule has 1 aliphatic rings. The molecule has 0 saturated carbocycles.